The summed E-state index contributed by atoms with van der Waals surface area (Å²) < 4.78 is 5.74. The molecule has 1 saturated heterocycles. The SMILES string of the molecule is CC1Cc2cc(/C(O)=C3/C(=O)C(=O)N(Cc4ccccn4)C3c3ccc(Cl)cc3)ccc2O1. The molecule has 1 amide bonds. The topological polar surface area (TPSA) is 79.7 Å². The first-order valence-corrected chi connectivity index (χ1v) is 11.0. The van der Waals surface area contributed by atoms with E-state index >= 15 is 0 Å². The third kappa shape index (κ3) is 3.87. The number of benzene rings is 2. The van der Waals surface area contributed by atoms with Crippen molar-refractivity contribution in [2.75, 3.05) is 0 Å². The number of nitrogens with zero attached hydrogens (tertiary/aromatic N) is 2. The van der Waals surface area contributed by atoms with Gasteiger partial charge in [-0.25, -0.2) is 0 Å². The molecule has 166 valence electrons. The highest BCUT2D eigenvalue weighted by molar-refractivity contribution is 6.46. The van der Waals surface area contributed by atoms with Crippen molar-refractivity contribution < 1.29 is 19.4 Å². The minimum atomic E-state index is -0.771. The standard InChI is InChI=1S/C26H21ClN2O4/c1-15-12-18-13-17(7-10-21(18)33-15)24(30)22-23(16-5-8-19(27)9-6-16)29(26(32)25(22)31)14-20-4-2-3-11-28-20/h2-11,13,15,23,30H,12,14H2,1H3/b24-22-. The molecule has 3 aromatic rings. The maximum atomic E-state index is 13.2. The van der Waals surface area contributed by atoms with Crippen LogP contribution >= 0.6 is 11.6 Å². The zero-order chi connectivity index (χ0) is 23.1. The number of carbonyl (C=O) groups excluding carboxylic acids is 2. The summed E-state index contributed by atoms with van der Waals surface area (Å²) in [5.74, 6) is -0.850. The quantitative estimate of drug-likeness (QED) is 0.347. The van der Waals surface area contributed by atoms with Crippen LogP contribution in [0.5, 0.6) is 5.75 Å². The summed E-state index contributed by atoms with van der Waals surface area (Å²) in [5, 5.41) is 11.8. The maximum Gasteiger partial charge on any atom is 0.296 e. The second-order valence-corrected chi connectivity index (χ2v) is 8.69. The van der Waals surface area contributed by atoms with Gasteiger partial charge in [0.05, 0.1) is 23.9 Å². The number of carbonyl (C=O) groups is 2. The molecule has 0 spiro atoms. The Balaban J connectivity index is 1.62. The Morgan fingerprint density at radius 1 is 1.15 bits per heavy atom. The summed E-state index contributed by atoms with van der Waals surface area (Å²) in [6.07, 6.45) is 2.40. The lowest BCUT2D eigenvalue weighted by Crippen LogP contribution is -2.29. The van der Waals surface area contributed by atoms with Crippen LogP contribution < -0.4 is 4.74 Å². The summed E-state index contributed by atoms with van der Waals surface area (Å²) in [6.45, 7) is 2.11. The van der Waals surface area contributed by atoms with Gasteiger partial charge in [-0.2, -0.15) is 0 Å². The molecule has 6 nitrogen and oxygen atoms in total. The summed E-state index contributed by atoms with van der Waals surface area (Å²) in [5.41, 5.74) is 2.79. The average Bonchev–Trinajstić information content (AvgIpc) is 3.31. The molecule has 1 N–H and O–H groups in total. The van der Waals surface area contributed by atoms with Crippen LogP contribution in [0.3, 0.4) is 0 Å². The summed E-state index contributed by atoms with van der Waals surface area (Å²) in [6, 6.07) is 16.9. The number of aliphatic hydroxyl groups is 1. The van der Waals surface area contributed by atoms with E-state index < -0.39 is 17.7 Å². The van der Waals surface area contributed by atoms with Crippen LogP contribution in [0.2, 0.25) is 5.02 Å². The number of fused-ring (bicyclic) bond motifs is 1. The fraction of sp³-hybridized carbons (Fsp3) is 0.192. The predicted octanol–water partition coefficient (Wildman–Crippen LogP) is 4.68. The second-order valence-electron chi connectivity index (χ2n) is 8.25. The Morgan fingerprint density at radius 3 is 2.67 bits per heavy atom. The number of hydrogen-bond donors (Lipinski definition) is 1. The Hall–Kier alpha value is -3.64. The minimum absolute atomic E-state index is 0.0465. The van der Waals surface area contributed by atoms with Gasteiger partial charge in [-0.05, 0) is 60.5 Å². The van der Waals surface area contributed by atoms with Crippen molar-refractivity contribution in [3.8, 4) is 5.75 Å². The molecule has 1 aromatic heterocycles. The lowest BCUT2D eigenvalue weighted by Gasteiger charge is -2.25. The van der Waals surface area contributed by atoms with Crippen LogP contribution in [0.15, 0.2) is 72.4 Å². The Labute approximate surface area is 196 Å². The van der Waals surface area contributed by atoms with Gasteiger partial charge in [0.25, 0.3) is 11.7 Å². The van der Waals surface area contributed by atoms with E-state index in [1.54, 1.807) is 54.7 Å². The number of aliphatic hydroxyl groups excluding tert-OH is 1. The monoisotopic (exact) mass is 460 g/mol. The van der Waals surface area contributed by atoms with E-state index in [1.165, 1.54) is 4.90 Å². The Kier molecular flexibility index (Phi) is 5.38. The molecular weight excluding hydrogens is 440 g/mol. The van der Waals surface area contributed by atoms with Gasteiger partial charge in [-0.1, -0.05) is 29.8 Å². The van der Waals surface area contributed by atoms with E-state index in [1.807, 2.05) is 19.1 Å². The van der Waals surface area contributed by atoms with Crippen molar-refractivity contribution in [3.05, 3.63) is 99.8 Å². The number of hydrogen-bond acceptors (Lipinski definition) is 5. The Morgan fingerprint density at radius 2 is 1.94 bits per heavy atom. The molecule has 0 radical (unpaired) electrons. The van der Waals surface area contributed by atoms with Crippen molar-refractivity contribution >= 4 is 29.1 Å². The van der Waals surface area contributed by atoms with Gasteiger partial charge in [0, 0.05) is 23.2 Å². The van der Waals surface area contributed by atoms with E-state index in [2.05, 4.69) is 4.98 Å². The highest BCUT2D eigenvalue weighted by atomic mass is 35.5. The van der Waals surface area contributed by atoms with Crippen LogP contribution in [0, 0.1) is 0 Å². The third-order valence-corrected chi connectivity index (χ3v) is 6.21. The molecular formula is C26H21ClN2O4. The first-order chi connectivity index (χ1) is 15.9. The first-order valence-electron chi connectivity index (χ1n) is 10.7. The zero-order valence-electron chi connectivity index (χ0n) is 17.9. The van der Waals surface area contributed by atoms with E-state index in [0.29, 0.717) is 28.3 Å². The summed E-state index contributed by atoms with van der Waals surface area (Å²) in [7, 11) is 0. The molecule has 1 fully saturated rings. The van der Waals surface area contributed by atoms with Crippen molar-refractivity contribution in [2.45, 2.75) is 32.0 Å². The van der Waals surface area contributed by atoms with Crippen molar-refractivity contribution in [1.82, 2.24) is 9.88 Å². The van der Waals surface area contributed by atoms with Gasteiger partial charge in [-0.3, -0.25) is 14.6 Å². The highest BCUT2D eigenvalue weighted by Gasteiger charge is 2.46. The molecule has 2 unspecified atom stereocenters. The molecule has 2 aliphatic rings. The summed E-state index contributed by atoms with van der Waals surface area (Å²) in [4.78, 5) is 32.0. The average molecular weight is 461 g/mol. The van der Waals surface area contributed by atoms with E-state index in [4.69, 9.17) is 16.3 Å². The molecule has 2 aliphatic heterocycles. The fourth-order valence-electron chi connectivity index (χ4n) is 4.43. The van der Waals surface area contributed by atoms with Crippen molar-refractivity contribution in [1.29, 1.82) is 0 Å². The minimum Gasteiger partial charge on any atom is -0.507 e. The van der Waals surface area contributed by atoms with Gasteiger partial charge >= 0.3 is 0 Å². The zero-order valence-corrected chi connectivity index (χ0v) is 18.6. The van der Waals surface area contributed by atoms with Crippen molar-refractivity contribution in [3.63, 3.8) is 0 Å². The Bertz CT molecular complexity index is 1270. The van der Waals surface area contributed by atoms with Gasteiger partial charge in [-0.15, -0.1) is 0 Å². The third-order valence-electron chi connectivity index (χ3n) is 5.95. The van der Waals surface area contributed by atoms with Gasteiger partial charge in [0.2, 0.25) is 0 Å². The number of likely N-dealkylation sites (tertiary alicyclic amines) is 1. The number of ether oxygens (including phenoxy) is 1. The number of aromatic nitrogens is 1. The molecule has 33 heavy (non-hydrogen) atoms. The van der Waals surface area contributed by atoms with Crippen LogP contribution in [-0.2, 0) is 22.6 Å². The maximum absolute atomic E-state index is 13.2. The van der Waals surface area contributed by atoms with Crippen LogP contribution in [0.25, 0.3) is 5.76 Å². The number of Topliss-reactive ketones (excluding diaryl/α,β-unsaturated/α-hetero) is 1. The van der Waals surface area contributed by atoms with Gasteiger partial charge in [0.1, 0.15) is 17.6 Å². The largest absolute Gasteiger partial charge is 0.507 e. The number of ketones is 1. The molecule has 7 heteroatoms. The molecule has 0 bridgehead atoms. The lowest BCUT2D eigenvalue weighted by atomic mass is 9.94. The number of pyridine rings is 1. The lowest BCUT2D eigenvalue weighted by molar-refractivity contribution is -0.140. The highest BCUT2D eigenvalue weighted by Crippen LogP contribution is 2.41. The van der Waals surface area contributed by atoms with Crippen LogP contribution in [0.1, 0.15) is 35.3 Å². The summed E-state index contributed by atoms with van der Waals surface area (Å²) >= 11 is 6.07. The predicted molar refractivity (Wildman–Crippen MR) is 124 cm³/mol. The fourth-order valence-corrected chi connectivity index (χ4v) is 4.55. The van der Waals surface area contributed by atoms with Crippen LogP contribution in [-0.4, -0.2) is 32.8 Å². The molecule has 5 rings (SSSR count). The van der Waals surface area contributed by atoms with Crippen molar-refractivity contribution in [2.24, 2.45) is 0 Å². The second kappa shape index (κ2) is 8.37. The smallest absolute Gasteiger partial charge is 0.296 e. The van der Waals surface area contributed by atoms with E-state index in [-0.39, 0.29) is 24.0 Å². The molecule has 2 aromatic carbocycles. The number of amides is 1. The number of halogens is 1. The van der Waals surface area contributed by atoms with Gasteiger partial charge < -0.3 is 14.7 Å². The van der Waals surface area contributed by atoms with Gasteiger partial charge in [0.15, 0.2) is 0 Å². The molecule has 2 atom stereocenters. The van der Waals surface area contributed by atoms with E-state index in [0.717, 1.165) is 11.3 Å². The van der Waals surface area contributed by atoms with E-state index in [9.17, 15) is 14.7 Å². The molecule has 0 aliphatic carbocycles. The van der Waals surface area contributed by atoms with Crippen LogP contribution in [0.4, 0.5) is 0 Å². The molecule has 0 saturated carbocycles. The normalized spacial score (nSPS) is 21.2. The number of rotatable bonds is 4. The first kappa shape index (κ1) is 21.2. The molecule has 3 heterocycles.